The van der Waals surface area contributed by atoms with E-state index in [9.17, 15) is 4.79 Å². The average Bonchev–Trinajstić information content (AvgIpc) is 3.02. The molecule has 1 fully saturated rings. The highest BCUT2D eigenvalue weighted by molar-refractivity contribution is 5.87. The Balaban J connectivity index is 1.84. The predicted octanol–water partition coefficient (Wildman–Crippen LogP) is 2.61. The third-order valence-corrected chi connectivity index (χ3v) is 3.69. The van der Waals surface area contributed by atoms with Gasteiger partial charge in [-0.2, -0.15) is 5.10 Å². The van der Waals surface area contributed by atoms with E-state index in [0.717, 1.165) is 16.8 Å². The van der Waals surface area contributed by atoms with Crippen molar-refractivity contribution in [1.29, 1.82) is 0 Å². The number of aryl methyl sites for hydroxylation is 1. The Hall–Kier alpha value is -2.18. The first-order chi connectivity index (χ1) is 10.4. The van der Waals surface area contributed by atoms with Gasteiger partial charge < -0.3 is 14.6 Å². The van der Waals surface area contributed by atoms with Crippen LogP contribution >= 0.6 is 0 Å². The molecule has 6 heteroatoms. The number of carboxylic acids is 1. The number of hydrogen-bond donors (Lipinski definition) is 1. The van der Waals surface area contributed by atoms with Crippen LogP contribution in [0.5, 0.6) is 0 Å². The van der Waals surface area contributed by atoms with Gasteiger partial charge in [0.05, 0.1) is 12.3 Å². The molecule has 1 aromatic heterocycles. The number of rotatable bonds is 3. The number of benzene rings is 1. The van der Waals surface area contributed by atoms with Crippen LogP contribution in [0.15, 0.2) is 30.3 Å². The van der Waals surface area contributed by atoms with Crippen molar-refractivity contribution in [2.24, 2.45) is 7.05 Å². The summed E-state index contributed by atoms with van der Waals surface area (Å²) in [5, 5.41) is 13.0. The summed E-state index contributed by atoms with van der Waals surface area (Å²) < 4.78 is 13.0. The van der Waals surface area contributed by atoms with Crippen LogP contribution in [-0.2, 0) is 16.5 Å². The van der Waals surface area contributed by atoms with E-state index >= 15 is 0 Å². The van der Waals surface area contributed by atoms with Gasteiger partial charge in [0, 0.05) is 7.05 Å². The second kappa shape index (κ2) is 5.23. The van der Waals surface area contributed by atoms with Crippen molar-refractivity contribution in [1.82, 2.24) is 9.78 Å². The number of ether oxygens (including phenoxy) is 2. The van der Waals surface area contributed by atoms with Crippen LogP contribution in [-0.4, -0.2) is 33.3 Å². The van der Waals surface area contributed by atoms with Crippen molar-refractivity contribution in [2.45, 2.75) is 25.7 Å². The Morgan fingerprint density at radius 1 is 1.36 bits per heavy atom. The monoisotopic (exact) mass is 302 g/mol. The summed E-state index contributed by atoms with van der Waals surface area (Å²) in [7, 11) is 1.73. The molecule has 1 aliphatic rings. The molecular formula is C16H18N2O4. The van der Waals surface area contributed by atoms with Crippen LogP contribution in [0.1, 0.15) is 36.0 Å². The molecule has 1 unspecified atom stereocenters. The van der Waals surface area contributed by atoms with Crippen LogP contribution < -0.4 is 0 Å². The zero-order valence-electron chi connectivity index (χ0n) is 12.7. The van der Waals surface area contributed by atoms with Gasteiger partial charge in [0.2, 0.25) is 0 Å². The Kier molecular flexibility index (Phi) is 3.50. The van der Waals surface area contributed by atoms with Crippen LogP contribution in [0.2, 0.25) is 0 Å². The molecule has 0 aliphatic carbocycles. The number of aromatic nitrogens is 2. The van der Waals surface area contributed by atoms with Gasteiger partial charge in [-0.15, -0.1) is 0 Å². The highest BCUT2D eigenvalue weighted by atomic mass is 16.7. The van der Waals surface area contributed by atoms with E-state index in [1.807, 2.05) is 38.1 Å². The maximum atomic E-state index is 11.0. The van der Waals surface area contributed by atoms with Gasteiger partial charge >= 0.3 is 5.97 Å². The molecule has 1 atom stereocenters. The van der Waals surface area contributed by atoms with Crippen molar-refractivity contribution < 1.29 is 19.4 Å². The molecule has 2 aromatic rings. The van der Waals surface area contributed by atoms with E-state index in [-0.39, 0.29) is 11.8 Å². The maximum absolute atomic E-state index is 11.0. The molecule has 0 spiro atoms. The van der Waals surface area contributed by atoms with Gasteiger partial charge in [0.1, 0.15) is 6.10 Å². The van der Waals surface area contributed by atoms with Crippen molar-refractivity contribution in [3.05, 3.63) is 41.6 Å². The summed E-state index contributed by atoms with van der Waals surface area (Å²) in [4.78, 5) is 11.0. The lowest BCUT2D eigenvalue weighted by Crippen LogP contribution is -2.19. The fourth-order valence-electron chi connectivity index (χ4n) is 2.56. The Morgan fingerprint density at radius 2 is 2.05 bits per heavy atom. The average molecular weight is 302 g/mol. The number of nitrogens with zero attached hydrogens (tertiary/aromatic N) is 2. The zero-order chi connectivity index (χ0) is 15.9. The van der Waals surface area contributed by atoms with Crippen LogP contribution in [0.4, 0.5) is 0 Å². The Morgan fingerprint density at radius 3 is 2.55 bits per heavy atom. The first-order valence-electron chi connectivity index (χ1n) is 7.05. The number of carboxylic acid groups (broad SMARTS) is 1. The summed E-state index contributed by atoms with van der Waals surface area (Å²) >= 11 is 0. The van der Waals surface area contributed by atoms with E-state index in [1.54, 1.807) is 17.8 Å². The van der Waals surface area contributed by atoms with E-state index in [4.69, 9.17) is 14.6 Å². The highest BCUT2D eigenvalue weighted by Gasteiger charge is 2.33. The Bertz CT molecular complexity index is 703. The van der Waals surface area contributed by atoms with Crippen LogP contribution in [0.3, 0.4) is 0 Å². The standard InChI is InChI=1S/C16H18N2O4/c1-16(2)21-9-14(22-16)11-6-4-10(5-7-11)13-8-12(15(19)20)17-18(13)3/h4-8,14H,9H2,1-3H3,(H,19,20). The molecule has 22 heavy (non-hydrogen) atoms. The van der Waals surface area contributed by atoms with E-state index in [2.05, 4.69) is 5.10 Å². The third-order valence-electron chi connectivity index (χ3n) is 3.69. The van der Waals surface area contributed by atoms with Crippen LogP contribution in [0, 0.1) is 0 Å². The van der Waals surface area contributed by atoms with E-state index in [1.165, 1.54) is 0 Å². The van der Waals surface area contributed by atoms with Crippen molar-refractivity contribution in [2.75, 3.05) is 6.61 Å². The fourth-order valence-corrected chi connectivity index (χ4v) is 2.56. The van der Waals surface area contributed by atoms with Gasteiger partial charge in [-0.05, 0) is 31.0 Å². The highest BCUT2D eigenvalue weighted by Crippen LogP contribution is 2.33. The first-order valence-corrected chi connectivity index (χ1v) is 7.05. The molecule has 6 nitrogen and oxygen atoms in total. The Labute approximate surface area is 128 Å². The largest absolute Gasteiger partial charge is 0.476 e. The van der Waals surface area contributed by atoms with Crippen molar-refractivity contribution in [3.8, 4) is 11.3 Å². The first kappa shape index (κ1) is 14.7. The molecule has 1 aromatic carbocycles. The molecule has 0 bridgehead atoms. The van der Waals surface area contributed by atoms with E-state index in [0.29, 0.717) is 6.61 Å². The SMILES string of the molecule is Cn1nc(C(=O)O)cc1-c1ccc(C2COC(C)(C)O2)cc1. The van der Waals surface area contributed by atoms with E-state index < -0.39 is 11.8 Å². The lowest BCUT2D eigenvalue weighted by molar-refractivity contribution is -0.139. The number of carbonyl (C=O) groups is 1. The molecule has 2 heterocycles. The minimum atomic E-state index is -1.03. The summed E-state index contributed by atoms with van der Waals surface area (Å²) in [5.74, 6) is -1.58. The third kappa shape index (κ3) is 2.75. The predicted molar refractivity (Wildman–Crippen MR) is 79.5 cm³/mol. The van der Waals surface area contributed by atoms with Gasteiger partial charge in [-0.3, -0.25) is 4.68 Å². The second-order valence-corrected chi connectivity index (χ2v) is 5.78. The number of hydrogen-bond acceptors (Lipinski definition) is 4. The summed E-state index contributed by atoms with van der Waals surface area (Å²) in [6, 6.07) is 9.38. The van der Waals surface area contributed by atoms with Crippen molar-refractivity contribution in [3.63, 3.8) is 0 Å². The van der Waals surface area contributed by atoms with Gasteiger partial charge in [0.25, 0.3) is 0 Å². The summed E-state index contributed by atoms with van der Waals surface area (Å²) in [6.07, 6.45) is -0.0785. The molecule has 0 radical (unpaired) electrons. The number of aromatic carboxylic acids is 1. The molecule has 1 aliphatic heterocycles. The quantitative estimate of drug-likeness (QED) is 0.943. The van der Waals surface area contributed by atoms with Gasteiger partial charge in [-0.1, -0.05) is 24.3 Å². The van der Waals surface area contributed by atoms with Gasteiger partial charge in [-0.25, -0.2) is 4.79 Å². The summed E-state index contributed by atoms with van der Waals surface area (Å²) in [6.45, 7) is 4.32. The smallest absolute Gasteiger partial charge is 0.356 e. The minimum Gasteiger partial charge on any atom is -0.476 e. The lowest BCUT2D eigenvalue weighted by Gasteiger charge is -2.17. The molecular weight excluding hydrogens is 284 g/mol. The topological polar surface area (TPSA) is 73.6 Å². The lowest BCUT2D eigenvalue weighted by atomic mass is 10.1. The van der Waals surface area contributed by atoms with Crippen molar-refractivity contribution >= 4 is 5.97 Å². The normalized spacial score (nSPS) is 20.2. The maximum Gasteiger partial charge on any atom is 0.356 e. The zero-order valence-corrected chi connectivity index (χ0v) is 12.7. The molecule has 1 saturated heterocycles. The molecule has 0 saturated carbocycles. The second-order valence-electron chi connectivity index (χ2n) is 5.78. The fraction of sp³-hybridized carbons (Fsp3) is 0.375. The summed E-state index contributed by atoms with van der Waals surface area (Å²) in [5.41, 5.74) is 2.74. The molecule has 116 valence electrons. The molecule has 1 N–H and O–H groups in total. The molecule has 0 amide bonds. The molecule has 3 rings (SSSR count). The minimum absolute atomic E-state index is 0.0378. The van der Waals surface area contributed by atoms with Gasteiger partial charge in [0.15, 0.2) is 11.5 Å². The van der Waals surface area contributed by atoms with Crippen LogP contribution in [0.25, 0.3) is 11.3 Å².